The molecule has 4 heteroatoms. The van der Waals surface area contributed by atoms with Crippen LogP contribution in [-0.2, 0) is 0 Å². The summed E-state index contributed by atoms with van der Waals surface area (Å²) in [5, 5.41) is 3.93. The highest BCUT2D eigenvalue weighted by molar-refractivity contribution is 9.10. The second-order valence-electron chi connectivity index (χ2n) is 3.20. The van der Waals surface area contributed by atoms with Crippen LogP contribution in [0.3, 0.4) is 0 Å². The van der Waals surface area contributed by atoms with Gasteiger partial charge in [-0.1, -0.05) is 15.9 Å². The van der Waals surface area contributed by atoms with E-state index in [4.69, 9.17) is 5.73 Å². The van der Waals surface area contributed by atoms with Gasteiger partial charge in [0, 0.05) is 4.47 Å². The van der Waals surface area contributed by atoms with Crippen LogP contribution < -0.4 is 5.73 Å². The summed E-state index contributed by atoms with van der Waals surface area (Å²) in [6.45, 7) is 0. The molecule has 2 N–H and O–H groups in total. The van der Waals surface area contributed by atoms with Crippen molar-refractivity contribution in [2.24, 2.45) is 5.73 Å². The van der Waals surface area contributed by atoms with Crippen molar-refractivity contribution in [3.05, 3.63) is 56.4 Å². The van der Waals surface area contributed by atoms with Gasteiger partial charge < -0.3 is 5.73 Å². The Morgan fingerprint density at radius 3 is 2.80 bits per heavy atom. The lowest BCUT2D eigenvalue weighted by Crippen LogP contribution is -2.11. The zero-order chi connectivity index (χ0) is 10.8. The van der Waals surface area contributed by atoms with E-state index in [9.17, 15) is 4.39 Å². The number of hydrogen-bond donors (Lipinski definition) is 1. The summed E-state index contributed by atoms with van der Waals surface area (Å²) >= 11 is 4.96. The fraction of sp³-hybridized carbons (Fsp3) is 0.0909. The van der Waals surface area contributed by atoms with Crippen LogP contribution in [0, 0.1) is 5.82 Å². The maximum absolute atomic E-state index is 13.1. The highest BCUT2D eigenvalue weighted by atomic mass is 79.9. The molecular formula is C11H9BrFNS. The fourth-order valence-electron chi connectivity index (χ4n) is 1.38. The van der Waals surface area contributed by atoms with Crippen LogP contribution in [0.5, 0.6) is 0 Å². The highest BCUT2D eigenvalue weighted by Crippen LogP contribution is 2.28. The molecule has 0 aliphatic carbocycles. The molecule has 0 aliphatic rings. The summed E-state index contributed by atoms with van der Waals surface area (Å²) in [4.78, 5) is 0. The van der Waals surface area contributed by atoms with Crippen molar-refractivity contribution in [3.8, 4) is 0 Å². The molecule has 1 aromatic heterocycles. The Bertz CT molecular complexity index is 456. The maximum atomic E-state index is 13.1. The molecule has 0 aliphatic heterocycles. The first-order valence-electron chi connectivity index (χ1n) is 4.41. The van der Waals surface area contributed by atoms with Gasteiger partial charge in [-0.05, 0) is 46.2 Å². The van der Waals surface area contributed by atoms with E-state index < -0.39 is 0 Å². The van der Waals surface area contributed by atoms with E-state index in [1.165, 1.54) is 12.1 Å². The monoisotopic (exact) mass is 285 g/mol. The van der Waals surface area contributed by atoms with Crippen LogP contribution in [0.4, 0.5) is 4.39 Å². The van der Waals surface area contributed by atoms with Crippen LogP contribution in [0.15, 0.2) is 39.5 Å². The van der Waals surface area contributed by atoms with Crippen molar-refractivity contribution in [3.63, 3.8) is 0 Å². The van der Waals surface area contributed by atoms with Crippen molar-refractivity contribution >= 4 is 27.3 Å². The molecule has 0 spiro atoms. The van der Waals surface area contributed by atoms with E-state index >= 15 is 0 Å². The molecule has 0 bridgehead atoms. The van der Waals surface area contributed by atoms with Crippen molar-refractivity contribution in [1.29, 1.82) is 0 Å². The number of nitrogens with two attached hydrogens (primary N) is 1. The molecule has 1 atom stereocenters. The molecule has 0 saturated heterocycles. The van der Waals surface area contributed by atoms with E-state index in [1.54, 1.807) is 17.4 Å². The van der Waals surface area contributed by atoms with Gasteiger partial charge in [-0.15, -0.1) is 0 Å². The molecule has 1 nitrogen and oxygen atoms in total. The summed E-state index contributed by atoms with van der Waals surface area (Å²) < 4.78 is 13.9. The van der Waals surface area contributed by atoms with Gasteiger partial charge in [-0.3, -0.25) is 0 Å². The second kappa shape index (κ2) is 4.43. The van der Waals surface area contributed by atoms with Crippen LogP contribution in [0.2, 0.25) is 0 Å². The summed E-state index contributed by atoms with van der Waals surface area (Å²) in [6, 6.07) is 6.23. The van der Waals surface area contributed by atoms with Crippen molar-refractivity contribution < 1.29 is 4.39 Å². The number of rotatable bonds is 2. The Morgan fingerprint density at radius 2 is 2.13 bits per heavy atom. The van der Waals surface area contributed by atoms with E-state index in [1.807, 2.05) is 16.8 Å². The number of benzene rings is 1. The molecule has 0 radical (unpaired) electrons. The van der Waals surface area contributed by atoms with Crippen molar-refractivity contribution in [2.45, 2.75) is 6.04 Å². The maximum Gasteiger partial charge on any atom is 0.123 e. The molecule has 0 fully saturated rings. The lowest BCUT2D eigenvalue weighted by Gasteiger charge is -2.12. The second-order valence-corrected chi connectivity index (χ2v) is 4.83. The van der Waals surface area contributed by atoms with Crippen molar-refractivity contribution in [1.82, 2.24) is 0 Å². The van der Waals surface area contributed by atoms with Gasteiger partial charge in [0.25, 0.3) is 0 Å². The average molecular weight is 286 g/mol. The predicted octanol–water partition coefficient (Wildman–Crippen LogP) is 3.70. The lowest BCUT2D eigenvalue weighted by atomic mass is 10.0. The van der Waals surface area contributed by atoms with Crippen LogP contribution in [0.1, 0.15) is 17.2 Å². The Morgan fingerprint density at radius 1 is 1.33 bits per heavy atom. The highest BCUT2D eigenvalue weighted by Gasteiger charge is 2.13. The van der Waals surface area contributed by atoms with Gasteiger partial charge in [0.15, 0.2) is 0 Å². The third-order valence-electron chi connectivity index (χ3n) is 2.20. The van der Waals surface area contributed by atoms with Gasteiger partial charge in [-0.2, -0.15) is 11.3 Å². The smallest absolute Gasteiger partial charge is 0.123 e. The van der Waals surface area contributed by atoms with Crippen LogP contribution in [-0.4, -0.2) is 0 Å². The molecule has 1 aromatic carbocycles. The minimum absolute atomic E-state index is 0.265. The topological polar surface area (TPSA) is 26.0 Å². The lowest BCUT2D eigenvalue weighted by molar-refractivity contribution is 0.623. The summed E-state index contributed by atoms with van der Waals surface area (Å²) in [6.07, 6.45) is 0. The van der Waals surface area contributed by atoms with Gasteiger partial charge in [0.2, 0.25) is 0 Å². The van der Waals surface area contributed by atoms with Gasteiger partial charge in [0.1, 0.15) is 5.82 Å². The van der Waals surface area contributed by atoms with E-state index in [-0.39, 0.29) is 11.9 Å². The Kier molecular flexibility index (Phi) is 3.19. The van der Waals surface area contributed by atoms with Gasteiger partial charge >= 0.3 is 0 Å². The first-order valence-corrected chi connectivity index (χ1v) is 6.14. The van der Waals surface area contributed by atoms with E-state index in [2.05, 4.69) is 15.9 Å². The number of hydrogen-bond acceptors (Lipinski definition) is 2. The first-order chi connectivity index (χ1) is 7.18. The predicted molar refractivity (Wildman–Crippen MR) is 64.4 cm³/mol. The molecule has 1 unspecified atom stereocenters. The quantitative estimate of drug-likeness (QED) is 0.895. The summed E-state index contributed by atoms with van der Waals surface area (Å²) in [5.41, 5.74) is 7.82. The molecule has 0 saturated carbocycles. The molecule has 1 heterocycles. The van der Waals surface area contributed by atoms with Crippen LogP contribution in [0.25, 0.3) is 0 Å². The zero-order valence-corrected chi connectivity index (χ0v) is 10.2. The summed E-state index contributed by atoms with van der Waals surface area (Å²) in [7, 11) is 0. The minimum atomic E-state index is -0.277. The third kappa shape index (κ3) is 2.27. The third-order valence-corrected chi connectivity index (χ3v) is 3.62. The van der Waals surface area contributed by atoms with Gasteiger partial charge in [-0.25, -0.2) is 4.39 Å². The van der Waals surface area contributed by atoms with E-state index in [0.717, 1.165) is 15.6 Å². The Hall–Kier alpha value is -0.710. The molecule has 2 rings (SSSR count). The number of halogens is 2. The largest absolute Gasteiger partial charge is 0.320 e. The standard InChI is InChI=1S/C11H9BrFNS/c12-10-2-1-8(13)5-9(10)11(14)7-3-4-15-6-7/h1-6,11H,14H2. The Balaban J connectivity index is 2.41. The molecule has 2 aromatic rings. The van der Waals surface area contributed by atoms with Crippen molar-refractivity contribution in [2.75, 3.05) is 0 Å². The van der Waals surface area contributed by atoms with Crippen LogP contribution >= 0.6 is 27.3 Å². The molecule has 78 valence electrons. The number of thiophene rings is 1. The average Bonchev–Trinajstić information content (AvgIpc) is 2.74. The Labute approximate surface area is 99.9 Å². The summed E-state index contributed by atoms with van der Waals surface area (Å²) in [5.74, 6) is -0.265. The molecular weight excluding hydrogens is 277 g/mol. The first kappa shape index (κ1) is 10.8. The van der Waals surface area contributed by atoms with E-state index in [0.29, 0.717) is 0 Å². The molecule has 15 heavy (non-hydrogen) atoms. The fourth-order valence-corrected chi connectivity index (χ4v) is 2.57. The zero-order valence-electron chi connectivity index (χ0n) is 7.78. The minimum Gasteiger partial charge on any atom is -0.320 e. The normalized spacial score (nSPS) is 12.7. The molecule has 0 amide bonds. The SMILES string of the molecule is NC(c1ccsc1)c1cc(F)ccc1Br. The van der Waals surface area contributed by atoms with Gasteiger partial charge in [0.05, 0.1) is 6.04 Å².